The van der Waals surface area contributed by atoms with Gasteiger partial charge in [-0.05, 0) is 25.7 Å². The number of carbonyl (C=O) groups excluding carboxylic acids is 1. The molecule has 0 N–H and O–H groups in total. The van der Waals surface area contributed by atoms with Crippen molar-refractivity contribution in [2.75, 3.05) is 6.61 Å². The Balaban J connectivity index is 2.18. The van der Waals surface area contributed by atoms with Crippen LogP contribution in [0.5, 0.6) is 0 Å². The van der Waals surface area contributed by atoms with Crippen molar-refractivity contribution >= 4 is 5.97 Å². The predicted octanol–water partition coefficient (Wildman–Crippen LogP) is 7.20. The van der Waals surface area contributed by atoms with Crippen molar-refractivity contribution in [3.05, 3.63) is 0 Å². The number of hydrogen-bond donors (Lipinski definition) is 0. The lowest BCUT2D eigenvalue weighted by Crippen LogP contribution is -2.30. The van der Waals surface area contributed by atoms with E-state index in [1.54, 1.807) is 0 Å². The zero-order valence-electron chi connectivity index (χ0n) is 16.5. The molecule has 0 atom stereocenters. The summed E-state index contributed by atoms with van der Waals surface area (Å²) in [4.78, 5) is 12.6. The molecular formula is C22H42O2. The molecule has 1 fully saturated rings. The van der Waals surface area contributed by atoms with Crippen LogP contribution in [-0.2, 0) is 9.53 Å². The summed E-state index contributed by atoms with van der Waals surface area (Å²) < 4.78 is 5.69. The fourth-order valence-electron chi connectivity index (χ4n) is 4.05. The van der Waals surface area contributed by atoms with Gasteiger partial charge in [-0.15, -0.1) is 0 Å². The molecule has 1 aliphatic carbocycles. The molecule has 0 aliphatic heterocycles. The second-order valence-corrected chi connectivity index (χ2v) is 7.91. The van der Waals surface area contributed by atoms with Crippen molar-refractivity contribution in [1.29, 1.82) is 0 Å². The molecule has 0 aromatic rings. The van der Waals surface area contributed by atoms with Crippen LogP contribution in [0.15, 0.2) is 0 Å². The summed E-state index contributed by atoms with van der Waals surface area (Å²) in [5.41, 5.74) is -0.118. The Morgan fingerprint density at radius 3 is 1.83 bits per heavy atom. The number of esters is 1. The molecule has 0 heterocycles. The van der Waals surface area contributed by atoms with Gasteiger partial charge in [0.15, 0.2) is 0 Å². The van der Waals surface area contributed by atoms with Crippen LogP contribution in [0, 0.1) is 5.41 Å². The van der Waals surface area contributed by atoms with Crippen LogP contribution in [0.2, 0.25) is 0 Å². The van der Waals surface area contributed by atoms with Crippen LogP contribution in [0.25, 0.3) is 0 Å². The molecule has 0 saturated heterocycles. The minimum Gasteiger partial charge on any atom is -0.465 e. The normalized spacial score (nSPS) is 16.4. The molecule has 2 nitrogen and oxygen atoms in total. The summed E-state index contributed by atoms with van der Waals surface area (Å²) >= 11 is 0. The van der Waals surface area contributed by atoms with Crippen LogP contribution >= 0.6 is 0 Å². The Bertz CT molecular complexity index is 305. The molecule has 0 bridgehead atoms. The zero-order valence-corrected chi connectivity index (χ0v) is 16.5. The third-order valence-electron chi connectivity index (χ3n) is 5.73. The molecule has 1 rings (SSSR count). The maximum absolute atomic E-state index is 12.6. The molecule has 142 valence electrons. The van der Waals surface area contributed by atoms with E-state index in [2.05, 4.69) is 13.8 Å². The first-order chi connectivity index (χ1) is 11.7. The van der Waals surface area contributed by atoms with E-state index in [0.717, 1.165) is 25.7 Å². The largest absolute Gasteiger partial charge is 0.465 e. The summed E-state index contributed by atoms with van der Waals surface area (Å²) in [7, 11) is 0. The summed E-state index contributed by atoms with van der Waals surface area (Å²) in [6, 6.07) is 0. The van der Waals surface area contributed by atoms with E-state index in [1.165, 1.54) is 83.5 Å². The smallest absolute Gasteiger partial charge is 0.312 e. The Morgan fingerprint density at radius 1 is 0.750 bits per heavy atom. The Labute approximate surface area is 151 Å². The monoisotopic (exact) mass is 338 g/mol. The zero-order chi connectivity index (χ0) is 17.5. The number of carbonyl (C=O) groups is 1. The Kier molecular flexibility index (Phi) is 12.3. The van der Waals surface area contributed by atoms with E-state index in [0.29, 0.717) is 6.61 Å². The summed E-state index contributed by atoms with van der Waals surface area (Å²) in [5.74, 6) is 0.127. The molecule has 0 spiro atoms. The quantitative estimate of drug-likeness (QED) is 0.233. The average molecular weight is 339 g/mol. The summed E-state index contributed by atoms with van der Waals surface area (Å²) in [5, 5.41) is 0. The van der Waals surface area contributed by atoms with Gasteiger partial charge in [-0.2, -0.15) is 0 Å². The predicted molar refractivity (Wildman–Crippen MR) is 103 cm³/mol. The van der Waals surface area contributed by atoms with Gasteiger partial charge in [-0.1, -0.05) is 97.3 Å². The van der Waals surface area contributed by atoms with Gasteiger partial charge in [-0.25, -0.2) is 0 Å². The highest BCUT2D eigenvalue weighted by molar-refractivity contribution is 5.77. The van der Waals surface area contributed by atoms with Gasteiger partial charge in [0.1, 0.15) is 0 Å². The van der Waals surface area contributed by atoms with Crippen molar-refractivity contribution in [2.24, 2.45) is 5.41 Å². The van der Waals surface area contributed by atoms with E-state index in [9.17, 15) is 4.79 Å². The number of rotatable bonds is 15. The molecule has 2 heteroatoms. The minimum absolute atomic E-state index is 0.118. The van der Waals surface area contributed by atoms with Crippen molar-refractivity contribution in [2.45, 2.75) is 123 Å². The van der Waals surface area contributed by atoms with Gasteiger partial charge in [0.05, 0.1) is 12.0 Å². The Hall–Kier alpha value is -0.530. The van der Waals surface area contributed by atoms with Crippen molar-refractivity contribution < 1.29 is 9.53 Å². The number of hydrogen-bond acceptors (Lipinski definition) is 2. The highest BCUT2D eigenvalue weighted by atomic mass is 16.5. The Morgan fingerprint density at radius 2 is 1.25 bits per heavy atom. The van der Waals surface area contributed by atoms with Crippen LogP contribution in [0.4, 0.5) is 0 Å². The number of ether oxygens (including phenoxy) is 1. The standard InChI is InChI=1S/C22H42O2/c1-3-5-7-9-11-13-17-22(18-14-15-19-22)21(23)24-20-16-12-10-8-6-4-2/h3-20H2,1-2H3. The van der Waals surface area contributed by atoms with Crippen LogP contribution in [0.1, 0.15) is 123 Å². The SMILES string of the molecule is CCCCCCCCOC(=O)C1(CCCCCCCC)CCCC1. The molecule has 0 amide bonds. The summed E-state index contributed by atoms with van der Waals surface area (Å²) in [6.45, 7) is 5.14. The molecule has 1 aliphatic rings. The van der Waals surface area contributed by atoms with Crippen molar-refractivity contribution in [3.8, 4) is 0 Å². The topological polar surface area (TPSA) is 26.3 Å². The first-order valence-electron chi connectivity index (χ1n) is 10.9. The summed E-state index contributed by atoms with van der Waals surface area (Å²) in [6.07, 6.45) is 20.9. The minimum atomic E-state index is -0.118. The molecule has 0 radical (unpaired) electrons. The number of unbranched alkanes of at least 4 members (excludes halogenated alkanes) is 10. The lowest BCUT2D eigenvalue weighted by atomic mass is 9.81. The molecular weight excluding hydrogens is 296 g/mol. The van der Waals surface area contributed by atoms with Crippen molar-refractivity contribution in [1.82, 2.24) is 0 Å². The lowest BCUT2D eigenvalue weighted by molar-refractivity contribution is -0.156. The van der Waals surface area contributed by atoms with Crippen LogP contribution < -0.4 is 0 Å². The van der Waals surface area contributed by atoms with Gasteiger partial charge >= 0.3 is 5.97 Å². The highest BCUT2D eigenvalue weighted by Gasteiger charge is 2.41. The molecule has 0 aromatic carbocycles. The van der Waals surface area contributed by atoms with E-state index in [4.69, 9.17) is 4.74 Å². The lowest BCUT2D eigenvalue weighted by Gasteiger charge is -2.26. The van der Waals surface area contributed by atoms with Gasteiger partial charge in [0, 0.05) is 0 Å². The maximum Gasteiger partial charge on any atom is 0.312 e. The molecule has 24 heavy (non-hydrogen) atoms. The second kappa shape index (κ2) is 13.7. The van der Waals surface area contributed by atoms with Gasteiger partial charge in [0.2, 0.25) is 0 Å². The second-order valence-electron chi connectivity index (χ2n) is 7.91. The first kappa shape index (κ1) is 21.5. The van der Waals surface area contributed by atoms with Gasteiger partial charge in [0.25, 0.3) is 0 Å². The van der Waals surface area contributed by atoms with E-state index < -0.39 is 0 Å². The van der Waals surface area contributed by atoms with E-state index in [1.807, 2.05) is 0 Å². The molecule has 0 unspecified atom stereocenters. The van der Waals surface area contributed by atoms with Crippen molar-refractivity contribution in [3.63, 3.8) is 0 Å². The third-order valence-corrected chi connectivity index (χ3v) is 5.73. The van der Waals surface area contributed by atoms with E-state index in [-0.39, 0.29) is 11.4 Å². The average Bonchev–Trinajstić information content (AvgIpc) is 3.07. The molecule has 0 aromatic heterocycles. The highest BCUT2D eigenvalue weighted by Crippen LogP contribution is 2.43. The van der Waals surface area contributed by atoms with Crippen LogP contribution in [0.3, 0.4) is 0 Å². The first-order valence-corrected chi connectivity index (χ1v) is 10.9. The maximum atomic E-state index is 12.6. The van der Waals surface area contributed by atoms with E-state index >= 15 is 0 Å². The van der Waals surface area contributed by atoms with Gasteiger partial charge < -0.3 is 4.74 Å². The van der Waals surface area contributed by atoms with Crippen LogP contribution in [-0.4, -0.2) is 12.6 Å². The molecule has 1 saturated carbocycles. The van der Waals surface area contributed by atoms with Gasteiger partial charge in [-0.3, -0.25) is 4.79 Å². The fraction of sp³-hybridized carbons (Fsp3) is 0.955. The third kappa shape index (κ3) is 8.53. The fourth-order valence-corrected chi connectivity index (χ4v) is 4.05.